The summed E-state index contributed by atoms with van der Waals surface area (Å²) >= 11 is 0. The van der Waals surface area contributed by atoms with E-state index < -0.39 is 34.1 Å². The second-order valence-electron chi connectivity index (χ2n) is 9.96. The van der Waals surface area contributed by atoms with Crippen molar-refractivity contribution < 1.29 is 18.0 Å². The first-order valence-electron chi connectivity index (χ1n) is 12.0. The summed E-state index contributed by atoms with van der Waals surface area (Å²) in [5.41, 5.74) is 2.93. The van der Waals surface area contributed by atoms with Gasteiger partial charge in [-0.1, -0.05) is 55.8 Å². The number of hydrogen-bond donors (Lipinski definition) is 1. The number of sulfonamides is 1. The van der Waals surface area contributed by atoms with Crippen molar-refractivity contribution in [1.29, 1.82) is 0 Å². The maximum Gasteiger partial charge on any atom is 0.244 e. The van der Waals surface area contributed by atoms with Crippen LogP contribution in [-0.4, -0.2) is 49.5 Å². The molecule has 0 saturated carbocycles. The summed E-state index contributed by atoms with van der Waals surface area (Å²) < 4.78 is 26.5. The lowest BCUT2D eigenvalue weighted by Gasteiger charge is -2.34. The number of rotatable bonds is 10. The lowest BCUT2D eigenvalue weighted by Crippen LogP contribution is -2.55. The Hall–Kier alpha value is -2.87. The molecule has 0 spiro atoms. The monoisotopic (exact) mass is 501 g/mol. The van der Waals surface area contributed by atoms with Crippen LogP contribution in [0, 0.1) is 6.92 Å². The molecule has 0 radical (unpaired) electrons. The SMILES string of the molecule is CCc1ccc(N(CC(=O)N(Cc2cccc(C)c2)C(CC)C(=O)NC(C)(C)C)S(C)(=O)=O)cc1. The predicted octanol–water partition coefficient (Wildman–Crippen LogP) is 4.05. The predicted molar refractivity (Wildman–Crippen MR) is 142 cm³/mol. The van der Waals surface area contributed by atoms with Crippen molar-refractivity contribution in [3.63, 3.8) is 0 Å². The van der Waals surface area contributed by atoms with Gasteiger partial charge >= 0.3 is 0 Å². The van der Waals surface area contributed by atoms with Crippen LogP contribution in [0.5, 0.6) is 0 Å². The number of nitrogens with one attached hydrogen (secondary N) is 1. The molecule has 0 heterocycles. The third-order valence-corrected chi connectivity index (χ3v) is 6.77. The first kappa shape index (κ1) is 28.4. The molecule has 2 amide bonds. The van der Waals surface area contributed by atoms with Gasteiger partial charge < -0.3 is 10.2 Å². The van der Waals surface area contributed by atoms with E-state index in [1.807, 2.05) is 77.9 Å². The molecule has 0 aliphatic heterocycles. The average molecular weight is 502 g/mol. The van der Waals surface area contributed by atoms with E-state index in [4.69, 9.17) is 0 Å². The van der Waals surface area contributed by atoms with Gasteiger partial charge in [0.2, 0.25) is 21.8 Å². The van der Waals surface area contributed by atoms with Crippen LogP contribution in [0.3, 0.4) is 0 Å². The topological polar surface area (TPSA) is 86.8 Å². The molecule has 2 aromatic carbocycles. The van der Waals surface area contributed by atoms with Crippen molar-refractivity contribution in [2.24, 2.45) is 0 Å². The molecule has 0 aliphatic carbocycles. The average Bonchev–Trinajstić information content (AvgIpc) is 2.75. The zero-order valence-corrected chi connectivity index (χ0v) is 22.8. The molecule has 0 aliphatic rings. The molecular weight excluding hydrogens is 462 g/mol. The molecule has 7 nitrogen and oxygen atoms in total. The third-order valence-electron chi connectivity index (χ3n) is 5.63. The molecule has 2 aromatic rings. The number of hydrogen-bond acceptors (Lipinski definition) is 4. The van der Waals surface area contributed by atoms with Gasteiger partial charge in [0.1, 0.15) is 12.6 Å². The maximum atomic E-state index is 13.7. The van der Waals surface area contributed by atoms with Gasteiger partial charge in [-0.3, -0.25) is 13.9 Å². The second kappa shape index (κ2) is 11.7. The number of amides is 2. The van der Waals surface area contributed by atoms with Gasteiger partial charge in [-0.05, 0) is 63.8 Å². The van der Waals surface area contributed by atoms with Gasteiger partial charge in [0.25, 0.3) is 0 Å². The van der Waals surface area contributed by atoms with Crippen LogP contribution in [-0.2, 0) is 32.6 Å². The molecular formula is C27H39N3O4S. The Labute approximate surface area is 210 Å². The van der Waals surface area contributed by atoms with E-state index in [1.54, 1.807) is 12.1 Å². The molecule has 0 aromatic heterocycles. The third kappa shape index (κ3) is 8.38. The van der Waals surface area contributed by atoms with Crippen LogP contribution in [0.4, 0.5) is 5.69 Å². The Morgan fingerprint density at radius 3 is 2.11 bits per heavy atom. The van der Waals surface area contributed by atoms with E-state index in [9.17, 15) is 18.0 Å². The van der Waals surface area contributed by atoms with Crippen LogP contribution >= 0.6 is 0 Å². The summed E-state index contributed by atoms with van der Waals surface area (Å²) in [6, 6.07) is 14.1. The van der Waals surface area contributed by atoms with E-state index in [0.717, 1.165) is 33.7 Å². The van der Waals surface area contributed by atoms with Crippen LogP contribution in [0.15, 0.2) is 48.5 Å². The maximum absolute atomic E-state index is 13.7. The highest BCUT2D eigenvalue weighted by Gasteiger charge is 2.33. The summed E-state index contributed by atoms with van der Waals surface area (Å²) in [4.78, 5) is 28.4. The van der Waals surface area contributed by atoms with Gasteiger partial charge in [0, 0.05) is 12.1 Å². The van der Waals surface area contributed by atoms with E-state index in [-0.39, 0.29) is 12.5 Å². The van der Waals surface area contributed by atoms with Crippen LogP contribution in [0.2, 0.25) is 0 Å². The highest BCUT2D eigenvalue weighted by atomic mass is 32.2. The fraction of sp³-hybridized carbons (Fsp3) is 0.481. The molecule has 8 heteroatoms. The van der Waals surface area contributed by atoms with Crippen molar-refractivity contribution in [3.8, 4) is 0 Å². The van der Waals surface area contributed by atoms with Gasteiger partial charge in [-0.2, -0.15) is 0 Å². The van der Waals surface area contributed by atoms with Crippen LogP contribution in [0.25, 0.3) is 0 Å². The number of aryl methyl sites for hydroxylation is 2. The summed E-state index contributed by atoms with van der Waals surface area (Å²) in [7, 11) is -3.74. The summed E-state index contributed by atoms with van der Waals surface area (Å²) in [6.45, 7) is 11.3. The lowest BCUT2D eigenvalue weighted by molar-refractivity contribution is -0.141. The highest BCUT2D eigenvalue weighted by Crippen LogP contribution is 2.21. The number of benzene rings is 2. The zero-order valence-electron chi connectivity index (χ0n) is 22.0. The van der Waals surface area contributed by atoms with Crippen molar-refractivity contribution in [1.82, 2.24) is 10.2 Å². The molecule has 2 rings (SSSR count). The first-order valence-corrected chi connectivity index (χ1v) is 13.8. The minimum atomic E-state index is -3.74. The Bertz CT molecular complexity index is 1120. The molecule has 0 saturated heterocycles. The fourth-order valence-corrected chi connectivity index (χ4v) is 4.74. The zero-order chi connectivity index (χ0) is 26.4. The van der Waals surface area contributed by atoms with Crippen molar-refractivity contribution in [3.05, 3.63) is 65.2 Å². The van der Waals surface area contributed by atoms with Crippen molar-refractivity contribution >= 4 is 27.5 Å². The minimum Gasteiger partial charge on any atom is -0.350 e. The first-order chi connectivity index (χ1) is 16.2. The highest BCUT2D eigenvalue weighted by molar-refractivity contribution is 7.92. The normalized spacial score (nSPS) is 12.7. The number of anilines is 1. The number of carbonyl (C=O) groups excluding carboxylic acids is 2. The lowest BCUT2D eigenvalue weighted by atomic mass is 10.0. The van der Waals surface area contributed by atoms with Gasteiger partial charge in [-0.15, -0.1) is 0 Å². The Morgan fingerprint density at radius 2 is 1.63 bits per heavy atom. The Kier molecular flexibility index (Phi) is 9.49. The number of nitrogens with zero attached hydrogens (tertiary/aromatic N) is 2. The van der Waals surface area contributed by atoms with Crippen LogP contribution in [0.1, 0.15) is 57.7 Å². The fourth-order valence-electron chi connectivity index (χ4n) is 3.89. The van der Waals surface area contributed by atoms with E-state index in [2.05, 4.69) is 5.32 Å². The smallest absolute Gasteiger partial charge is 0.244 e. The van der Waals surface area contributed by atoms with E-state index in [1.165, 1.54) is 4.90 Å². The van der Waals surface area contributed by atoms with Gasteiger partial charge in [0.15, 0.2) is 0 Å². The van der Waals surface area contributed by atoms with Crippen molar-refractivity contribution in [2.45, 2.75) is 72.5 Å². The minimum absolute atomic E-state index is 0.197. The Morgan fingerprint density at radius 1 is 1.00 bits per heavy atom. The summed E-state index contributed by atoms with van der Waals surface area (Å²) in [6.07, 6.45) is 2.30. The van der Waals surface area contributed by atoms with E-state index in [0.29, 0.717) is 12.1 Å². The molecule has 0 fully saturated rings. The molecule has 0 bridgehead atoms. The summed E-state index contributed by atoms with van der Waals surface area (Å²) in [5.74, 6) is -0.702. The summed E-state index contributed by atoms with van der Waals surface area (Å²) in [5, 5.41) is 2.97. The van der Waals surface area contributed by atoms with Crippen molar-refractivity contribution in [2.75, 3.05) is 17.1 Å². The second-order valence-corrected chi connectivity index (χ2v) is 11.9. The quantitative estimate of drug-likeness (QED) is 0.532. The molecule has 1 unspecified atom stereocenters. The number of carbonyl (C=O) groups is 2. The van der Waals surface area contributed by atoms with Gasteiger partial charge in [-0.25, -0.2) is 8.42 Å². The molecule has 1 N–H and O–H groups in total. The Balaban J connectivity index is 2.45. The largest absolute Gasteiger partial charge is 0.350 e. The van der Waals surface area contributed by atoms with Crippen LogP contribution < -0.4 is 9.62 Å². The molecule has 192 valence electrons. The standard InChI is InChI=1S/C27H39N3O4S/c1-8-21-13-15-23(16-14-21)30(35(7,33)34)19-25(31)29(18-22-12-10-11-20(3)17-22)24(9-2)26(32)28-27(4,5)6/h10-17,24H,8-9,18-19H2,1-7H3,(H,28,32). The van der Waals surface area contributed by atoms with E-state index >= 15 is 0 Å². The van der Waals surface area contributed by atoms with Gasteiger partial charge in [0.05, 0.1) is 11.9 Å². The molecule has 1 atom stereocenters. The molecule has 35 heavy (non-hydrogen) atoms.